The number of benzene rings is 3. The summed E-state index contributed by atoms with van der Waals surface area (Å²) in [7, 11) is 1.55. The Bertz CT molecular complexity index is 1200. The molecule has 1 atom stereocenters. The second-order valence-electron chi connectivity index (χ2n) is 9.17. The number of amides is 3. The van der Waals surface area contributed by atoms with Gasteiger partial charge in [-0.25, -0.2) is 4.79 Å². The van der Waals surface area contributed by atoms with Crippen LogP contribution in [-0.2, 0) is 14.3 Å². The van der Waals surface area contributed by atoms with Crippen molar-refractivity contribution in [2.24, 2.45) is 0 Å². The Balaban J connectivity index is 1.81. The van der Waals surface area contributed by atoms with E-state index in [0.29, 0.717) is 11.3 Å². The number of carbonyl (C=O) groups excluding carboxylic acids is 3. The van der Waals surface area contributed by atoms with E-state index in [9.17, 15) is 14.4 Å². The maximum absolute atomic E-state index is 13.5. The second kappa shape index (κ2) is 10.4. The lowest BCUT2D eigenvalue weighted by Crippen LogP contribution is -2.44. The number of hydrogen-bond donors (Lipinski definition) is 2. The molecule has 3 aromatic rings. The van der Waals surface area contributed by atoms with Crippen molar-refractivity contribution < 1.29 is 19.1 Å². The van der Waals surface area contributed by atoms with Gasteiger partial charge in [0.05, 0.1) is 0 Å². The molecule has 0 spiro atoms. The van der Waals surface area contributed by atoms with E-state index in [1.807, 2.05) is 73.7 Å². The Hall–Kier alpha value is -3.87. The summed E-state index contributed by atoms with van der Waals surface area (Å²) in [5.74, 6) is -0.773. The zero-order chi connectivity index (χ0) is 24.9. The van der Waals surface area contributed by atoms with Crippen molar-refractivity contribution >= 4 is 34.4 Å². The Morgan fingerprint density at radius 2 is 1.59 bits per heavy atom. The number of anilines is 1. The summed E-state index contributed by atoms with van der Waals surface area (Å²) < 4.78 is 5.19. The van der Waals surface area contributed by atoms with E-state index in [-0.39, 0.29) is 12.5 Å². The van der Waals surface area contributed by atoms with E-state index in [1.165, 1.54) is 4.90 Å². The number of likely N-dealkylation sites (N-methyl/N-ethyl adjacent to an activating group) is 1. The van der Waals surface area contributed by atoms with E-state index in [2.05, 4.69) is 10.6 Å². The van der Waals surface area contributed by atoms with Crippen molar-refractivity contribution in [2.45, 2.75) is 39.3 Å². The van der Waals surface area contributed by atoms with Crippen LogP contribution in [0.2, 0.25) is 0 Å². The van der Waals surface area contributed by atoms with Crippen molar-refractivity contribution in [1.82, 2.24) is 10.2 Å². The molecular weight excluding hydrogens is 430 g/mol. The van der Waals surface area contributed by atoms with Crippen molar-refractivity contribution in [2.75, 3.05) is 18.9 Å². The molecule has 0 bridgehead atoms. The molecule has 34 heavy (non-hydrogen) atoms. The molecule has 0 aliphatic carbocycles. The highest BCUT2D eigenvalue weighted by Gasteiger charge is 2.30. The highest BCUT2D eigenvalue weighted by atomic mass is 16.6. The first-order chi connectivity index (χ1) is 16.0. The van der Waals surface area contributed by atoms with Crippen molar-refractivity contribution in [3.8, 4) is 0 Å². The third-order valence-corrected chi connectivity index (χ3v) is 5.31. The van der Waals surface area contributed by atoms with Gasteiger partial charge in [0.2, 0.25) is 5.91 Å². The Morgan fingerprint density at radius 3 is 2.26 bits per heavy atom. The van der Waals surface area contributed by atoms with Gasteiger partial charge < -0.3 is 20.3 Å². The predicted molar refractivity (Wildman–Crippen MR) is 134 cm³/mol. The van der Waals surface area contributed by atoms with Crippen LogP contribution >= 0.6 is 0 Å². The first-order valence-electron chi connectivity index (χ1n) is 11.1. The van der Waals surface area contributed by atoms with Crippen molar-refractivity contribution in [3.63, 3.8) is 0 Å². The molecule has 0 saturated heterocycles. The second-order valence-corrected chi connectivity index (χ2v) is 9.17. The molecule has 178 valence electrons. The van der Waals surface area contributed by atoms with Gasteiger partial charge in [0.15, 0.2) is 0 Å². The lowest BCUT2D eigenvalue weighted by molar-refractivity contribution is -0.136. The van der Waals surface area contributed by atoms with Gasteiger partial charge >= 0.3 is 6.09 Å². The number of ether oxygens (including phenoxy) is 1. The summed E-state index contributed by atoms with van der Waals surface area (Å²) in [5.41, 5.74) is 1.53. The van der Waals surface area contributed by atoms with Crippen LogP contribution in [0.15, 0.2) is 66.7 Å². The van der Waals surface area contributed by atoms with E-state index >= 15 is 0 Å². The number of rotatable bonds is 6. The minimum Gasteiger partial charge on any atom is -0.444 e. The van der Waals surface area contributed by atoms with Gasteiger partial charge in [-0.05, 0) is 61.7 Å². The summed E-state index contributed by atoms with van der Waals surface area (Å²) >= 11 is 0. The number of nitrogens with zero attached hydrogens (tertiary/aromatic N) is 1. The maximum Gasteiger partial charge on any atom is 0.408 e. The molecule has 0 heterocycles. The minimum atomic E-state index is -0.888. The van der Waals surface area contributed by atoms with Crippen LogP contribution in [0, 0.1) is 6.92 Å². The molecule has 3 amide bonds. The number of nitrogens with one attached hydrogen (secondary N) is 2. The van der Waals surface area contributed by atoms with Crippen LogP contribution in [0.25, 0.3) is 10.8 Å². The Morgan fingerprint density at radius 1 is 0.941 bits per heavy atom. The van der Waals surface area contributed by atoms with E-state index in [4.69, 9.17) is 4.74 Å². The van der Waals surface area contributed by atoms with Crippen molar-refractivity contribution in [3.05, 3.63) is 77.9 Å². The Labute approximate surface area is 200 Å². The number of carbonyl (C=O) groups is 3. The number of hydrogen-bond acceptors (Lipinski definition) is 4. The summed E-state index contributed by atoms with van der Waals surface area (Å²) in [5, 5.41) is 7.48. The number of fused-ring (bicyclic) bond motifs is 1. The molecule has 2 N–H and O–H groups in total. The fourth-order valence-electron chi connectivity index (χ4n) is 3.63. The number of aryl methyl sites for hydroxylation is 1. The van der Waals surface area contributed by atoms with Gasteiger partial charge in [0, 0.05) is 12.7 Å². The van der Waals surface area contributed by atoms with Gasteiger partial charge in [-0.2, -0.15) is 0 Å². The first kappa shape index (κ1) is 24.8. The van der Waals surface area contributed by atoms with Crippen LogP contribution in [0.1, 0.15) is 37.9 Å². The first-order valence-corrected chi connectivity index (χ1v) is 11.1. The van der Waals surface area contributed by atoms with E-state index in [1.54, 1.807) is 27.8 Å². The fourth-order valence-corrected chi connectivity index (χ4v) is 3.63. The normalized spacial score (nSPS) is 12.0. The van der Waals surface area contributed by atoms with Crippen LogP contribution < -0.4 is 10.6 Å². The molecule has 0 fully saturated rings. The Kier molecular flexibility index (Phi) is 7.56. The molecule has 3 rings (SSSR count). The topological polar surface area (TPSA) is 87.7 Å². The van der Waals surface area contributed by atoms with E-state index in [0.717, 1.165) is 16.3 Å². The van der Waals surface area contributed by atoms with Crippen molar-refractivity contribution in [1.29, 1.82) is 0 Å². The summed E-state index contributed by atoms with van der Waals surface area (Å²) in [4.78, 5) is 39.7. The molecular formula is C27H31N3O4. The molecule has 0 radical (unpaired) electrons. The summed E-state index contributed by atoms with van der Waals surface area (Å²) in [6.45, 7) is 6.82. The van der Waals surface area contributed by atoms with Gasteiger partial charge in [0.25, 0.3) is 5.91 Å². The molecule has 3 aromatic carbocycles. The third kappa shape index (κ3) is 6.34. The zero-order valence-electron chi connectivity index (χ0n) is 20.2. The van der Waals surface area contributed by atoms with Crippen LogP contribution in [0.5, 0.6) is 0 Å². The zero-order valence-corrected chi connectivity index (χ0v) is 20.2. The standard InChI is InChI=1S/C27H31N3O4/c1-18-10-6-9-13-22(18)24(30(5)23(31)17-28-26(33)34-27(2,3)4)25(32)29-21-15-14-19-11-7-8-12-20(19)16-21/h6-16,24H,17H2,1-5H3,(H,28,33)(H,29,32). The number of alkyl carbamates (subject to hydrolysis) is 1. The van der Waals surface area contributed by atoms with Crippen LogP contribution in [-0.4, -0.2) is 42.0 Å². The molecule has 0 aliphatic rings. The molecule has 0 aromatic heterocycles. The lowest BCUT2D eigenvalue weighted by Gasteiger charge is -2.29. The van der Waals surface area contributed by atoms with Gasteiger partial charge in [-0.15, -0.1) is 0 Å². The van der Waals surface area contributed by atoms with Crippen LogP contribution in [0.4, 0.5) is 10.5 Å². The van der Waals surface area contributed by atoms with E-state index < -0.39 is 23.6 Å². The summed E-state index contributed by atoms with van der Waals surface area (Å²) in [6.07, 6.45) is -0.692. The van der Waals surface area contributed by atoms with Gasteiger partial charge in [-0.1, -0.05) is 54.6 Å². The molecule has 7 heteroatoms. The average Bonchev–Trinajstić information content (AvgIpc) is 2.77. The molecule has 0 saturated carbocycles. The fraction of sp³-hybridized carbons (Fsp3) is 0.296. The largest absolute Gasteiger partial charge is 0.444 e. The molecule has 1 unspecified atom stereocenters. The summed E-state index contributed by atoms with van der Waals surface area (Å²) in [6, 6.07) is 20.1. The van der Waals surface area contributed by atoms with Gasteiger partial charge in [-0.3, -0.25) is 9.59 Å². The van der Waals surface area contributed by atoms with Gasteiger partial charge in [0.1, 0.15) is 18.2 Å². The molecule has 0 aliphatic heterocycles. The highest BCUT2D eigenvalue weighted by molar-refractivity contribution is 6.00. The predicted octanol–water partition coefficient (Wildman–Crippen LogP) is 4.81. The SMILES string of the molecule is Cc1ccccc1C(C(=O)Nc1ccc2ccccc2c1)N(C)C(=O)CNC(=O)OC(C)(C)C. The quantitative estimate of drug-likeness (QED) is 0.551. The lowest BCUT2D eigenvalue weighted by atomic mass is 9.99. The highest BCUT2D eigenvalue weighted by Crippen LogP contribution is 2.26. The van der Waals surface area contributed by atoms with Crippen LogP contribution in [0.3, 0.4) is 0 Å². The minimum absolute atomic E-state index is 0.295. The average molecular weight is 462 g/mol. The maximum atomic E-state index is 13.5. The molecule has 7 nitrogen and oxygen atoms in total. The smallest absolute Gasteiger partial charge is 0.408 e. The third-order valence-electron chi connectivity index (χ3n) is 5.31. The monoisotopic (exact) mass is 461 g/mol.